The number of hydrogen-bond donors (Lipinski definition) is 0. The van der Waals surface area contributed by atoms with E-state index in [1.807, 2.05) is 6.07 Å². The van der Waals surface area contributed by atoms with Crippen molar-refractivity contribution >= 4 is 22.6 Å². The molecule has 0 amide bonds. The van der Waals surface area contributed by atoms with Crippen LogP contribution in [-0.2, 0) is 13.0 Å². The van der Waals surface area contributed by atoms with Crippen LogP contribution in [-0.4, -0.2) is 4.98 Å². The molecule has 2 rings (SSSR count). The molecule has 0 aliphatic carbocycles. The molecule has 1 aromatic carbocycles. The zero-order valence-corrected chi connectivity index (χ0v) is 17.2. The fourth-order valence-electron chi connectivity index (χ4n) is 2.91. The van der Waals surface area contributed by atoms with Gasteiger partial charge in [0.2, 0.25) is 0 Å². The second-order valence-corrected chi connectivity index (χ2v) is 7.42. The first-order chi connectivity index (χ1) is 11.6. The van der Waals surface area contributed by atoms with Gasteiger partial charge in [-0.15, -0.1) is 0 Å². The van der Waals surface area contributed by atoms with Crippen LogP contribution in [0.1, 0.15) is 61.5 Å². The predicted molar refractivity (Wildman–Crippen MR) is 110 cm³/mol. The Hall–Kier alpha value is -1.10. The number of benzene rings is 1. The standard InChI is InChI=1S/C21H28INO/c1-4-5-6-7-11-14-19-16(2)23-17(3)20(22)21(19)24-15-18-12-9-8-10-13-18/h8-10,12-13H,4-7,11,14-15H2,1-3H3. The largest absolute Gasteiger partial charge is 0.487 e. The molecule has 0 radical (unpaired) electrons. The lowest BCUT2D eigenvalue weighted by atomic mass is 10.0. The summed E-state index contributed by atoms with van der Waals surface area (Å²) in [6, 6.07) is 10.4. The summed E-state index contributed by atoms with van der Waals surface area (Å²) in [6.45, 7) is 7.05. The second-order valence-electron chi connectivity index (χ2n) is 6.34. The highest BCUT2D eigenvalue weighted by Crippen LogP contribution is 2.32. The molecular weight excluding hydrogens is 409 g/mol. The Kier molecular flexibility index (Phi) is 8.03. The van der Waals surface area contributed by atoms with Crippen LogP contribution in [0, 0.1) is 17.4 Å². The molecule has 0 aliphatic rings. The quantitative estimate of drug-likeness (QED) is 0.335. The zero-order chi connectivity index (χ0) is 17.4. The number of aromatic nitrogens is 1. The maximum atomic E-state index is 6.25. The highest BCUT2D eigenvalue weighted by atomic mass is 127. The Morgan fingerprint density at radius 2 is 1.67 bits per heavy atom. The van der Waals surface area contributed by atoms with E-state index in [-0.39, 0.29) is 0 Å². The summed E-state index contributed by atoms with van der Waals surface area (Å²) in [5.74, 6) is 1.04. The SMILES string of the molecule is CCCCCCCc1c(C)nc(C)c(I)c1OCc1ccccc1. The lowest BCUT2D eigenvalue weighted by Gasteiger charge is -2.17. The molecule has 0 saturated carbocycles. The van der Waals surface area contributed by atoms with Gasteiger partial charge in [0.05, 0.1) is 9.26 Å². The Balaban J connectivity index is 2.11. The summed E-state index contributed by atoms with van der Waals surface area (Å²) in [5.41, 5.74) is 4.67. The minimum Gasteiger partial charge on any atom is -0.487 e. The molecule has 0 N–H and O–H groups in total. The number of ether oxygens (including phenoxy) is 1. The minimum atomic E-state index is 0.614. The Morgan fingerprint density at radius 3 is 2.38 bits per heavy atom. The molecule has 24 heavy (non-hydrogen) atoms. The first-order valence-electron chi connectivity index (χ1n) is 8.95. The molecule has 1 aromatic heterocycles. The Labute approximate surface area is 160 Å². The summed E-state index contributed by atoms with van der Waals surface area (Å²) in [6.07, 6.45) is 7.50. The lowest BCUT2D eigenvalue weighted by Crippen LogP contribution is -2.06. The molecule has 2 aromatic rings. The molecular formula is C21H28INO. The number of unbranched alkanes of at least 4 members (excludes halogenated alkanes) is 4. The van der Waals surface area contributed by atoms with Gasteiger partial charge < -0.3 is 4.74 Å². The summed E-state index contributed by atoms with van der Waals surface area (Å²) in [4.78, 5) is 4.72. The van der Waals surface area contributed by atoms with Crippen LogP contribution in [0.15, 0.2) is 30.3 Å². The molecule has 1 heterocycles. The molecule has 0 unspecified atom stereocenters. The van der Waals surface area contributed by atoms with Gasteiger partial charge in [0.25, 0.3) is 0 Å². The maximum absolute atomic E-state index is 6.25. The number of aryl methyl sites for hydroxylation is 2. The van der Waals surface area contributed by atoms with Gasteiger partial charge in [0.15, 0.2) is 0 Å². The topological polar surface area (TPSA) is 22.1 Å². The summed E-state index contributed by atoms with van der Waals surface area (Å²) in [5, 5.41) is 0. The van der Waals surface area contributed by atoms with Crippen LogP contribution >= 0.6 is 22.6 Å². The number of pyridine rings is 1. The van der Waals surface area contributed by atoms with Crippen molar-refractivity contribution in [3.63, 3.8) is 0 Å². The smallest absolute Gasteiger partial charge is 0.139 e. The third-order valence-corrected chi connectivity index (χ3v) is 5.59. The molecule has 130 valence electrons. The average Bonchev–Trinajstić information content (AvgIpc) is 2.59. The first kappa shape index (κ1) is 19.2. The van der Waals surface area contributed by atoms with Gasteiger partial charge in [0, 0.05) is 11.3 Å². The van der Waals surface area contributed by atoms with E-state index in [0.29, 0.717) is 6.61 Å². The number of hydrogen-bond acceptors (Lipinski definition) is 2. The Bertz CT molecular complexity index is 640. The highest BCUT2D eigenvalue weighted by molar-refractivity contribution is 14.1. The van der Waals surface area contributed by atoms with E-state index in [4.69, 9.17) is 9.72 Å². The molecule has 0 bridgehead atoms. The van der Waals surface area contributed by atoms with Crippen LogP contribution in [0.5, 0.6) is 5.75 Å². The molecule has 3 heteroatoms. The van der Waals surface area contributed by atoms with E-state index in [9.17, 15) is 0 Å². The van der Waals surface area contributed by atoms with Crippen molar-refractivity contribution in [1.29, 1.82) is 0 Å². The third-order valence-electron chi connectivity index (χ3n) is 4.32. The predicted octanol–water partition coefficient (Wildman–Crippen LogP) is 6.39. The molecule has 2 nitrogen and oxygen atoms in total. The van der Waals surface area contributed by atoms with Gasteiger partial charge in [-0.2, -0.15) is 0 Å². The minimum absolute atomic E-state index is 0.614. The highest BCUT2D eigenvalue weighted by Gasteiger charge is 2.15. The molecule has 0 atom stereocenters. The van der Waals surface area contributed by atoms with Crippen LogP contribution in [0.3, 0.4) is 0 Å². The van der Waals surface area contributed by atoms with E-state index >= 15 is 0 Å². The van der Waals surface area contributed by atoms with E-state index in [2.05, 4.69) is 67.6 Å². The van der Waals surface area contributed by atoms with Gasteiger partial charge in [-0.05, 0) is 54.8 Å². The summed E-state index contributed by atoms with van der Waals surface area (Å²) < 4.78 is 7.40. The van der Waals surface area contributed by atoms with Crippen LogP contribution < -0.4 is 4.74 Å². The van der Waals surface area contributed by atoms with Crippen LogP contribution in [0.25, 0.3) is 0 Å². The van der Waals surface area contributed by atoms with E-state index in [1.165, 1.54) is 43.2 Å². The monoisotopic (exact) mass is 437 g/mol. The van der Waals surface area contributed by atoms with Crippen molar-refractivity contribution in [2.45, 2.75) is 65.9 Å². The van der Waals surface area contributed by atoms with Gasteiger partial charge in [-0.25, -0.2) is 0 Å². The summed E-state index contributed by atoms with van der Waals surface area (Å²) >= 11 is 2.38. The molecule has 0 saturated heterocycles. The second kappa shape index (κ2) is 10.0. The van der Waals surface area contributed by atoms with Crippen molar-refractivity contribution in [3.05, 3.63) is 56.4 Å². The number of rotatable bonds is 9. The normalized spacial score (nSPS) is 10.8. The molecule has 0 aliphatic heterocycles. The lowest BCUT2D eigenvalue weighted by molar-refractivity contribution is 0.299. The summed E-state index contributed by atoms with van der Waals surface area (Å²) in [7, 11) is 0. The molecule has 0 spiro atoms. The van der Waals surface area contributed by atoms with Crippen molar-refractivity contribution in [2.75, 3.05) is 0 Å². The first-order valence-corrected chi connectivity index (χ1v) is 10.0. The van der Waals surface area contributed by atoms with Crippen molar-refractivity contribution < 1.29 is 4.74 Å². The van der Waals surface area contributed by atoms with Gasteiger partial charge in [0.1, 0.15) is 12.4 Å². The number of nitrogens with zero attached hydrogens (tertiary/aromatic N) is 1. The van der Waals surface area contributed by atoms with Crippen molar-refractivity contribution in [3.8, 4) is 5.75 Å². The fourth-order valence-corrected chi connectivity index (χ4v) is 3.51. The number of halogens is 1. The van der Waals surface area contributed by atoms with E-state index < -0.39 is 0 Å². The van der Waals surface area contributed by atoms with Crippen LogP contribution in [0.4, 0.5) is 0 Å². The maximum Gasteiger partial charge on any atom is 0.139 e. The van der Waals surface area contributed by atoms with Crippen molar-refractivity contribution in [2.24, 2.45) is 0 Å². The Morgan fingerprint density at radius 1 is 0.958 bits per heavy atom. The van der Waals surface area contributed by atoms with Crippen molar-refractivity contribution in [1.82, 2.24) is 4.98 Å². The zero-order valence-electron chi connectivity index (χ0n) is 15.1. The third kappa shape index (κ3) is 5.47. The van der Waals surface area contributed by atoms with E-state index in [1.54, 1.807) is 0 Å². The van der Waals surface area contributed by atoms with E-state index in [0.717, 1.165) is 27.1 Å². The molecule has 0 fully saturated rings. The fraction of sp³-hybridized carbons (Fsp3) is 0.476. The van der Waals surface area contributed by atoms with Gasteiger partial charge in [-0.3, -0.25) is 4.98 Å². The average molecular weight is 437 g/mol. The van der Waals surface area contributed by atoms with Gasteiger partial charge in [-0.1, -0.05) is 62.9 Å². The van der Waals surface area contributed by atoms with Crippen LogP contribution in [0.2, 0.25) is 0 Å². The van der Waals surface area contributed by atoms with Gasteiger partial charge >= 0.3 is 0 Å².